The molecular formula is C8H17NO4. The topological polar surface area (TPSA) is 67.8 Å². The number of ether oxygens (including phenoxy) is 2. The number of rotatable bonds is 7. The van der Waals surface area contributed by atoms with Gasteiger partial charge in [-0.3, -0.25) is 4.79 Å². The molecule has 0 aromatic carbocycles. The Morgan fingerprint density at radius 3 is 2.54 bits per heavy atom. The predicted octanol–water partition coefficient (Wildman–Crippen LogP) is -0.290. The third-order valence-electron chi connectivity index (χ3n) is 1.60. The summed E-state index contributed by atoms with van der Waals surface area (Å²) >= 11 is 0. The molecule has 0 saturated heterocycles. The van der Waals surface area contributed by atoms with Crippen molar-refractivity contribution in [3.8, 4) is 0 Å². The first-order valence-corrected chi connectivity index (χ1v) is 4.12. The van der Waals surface area contributed by atoms with Crippen LogP contribution in [0.25, 0.3) is 0 Å². The second-order valence-corrected chi connectivity index (χ2v) is 2.78. The Morgan fingerprint density at radius 1 is 1.54 bits per heavy atom. The maximum atomic E-state index is 10.5. The molecule has 0 heterocycles. The molecule has 0 aromatic heterocycles. The quantitative estimate of drug-likeness (QED) is 0.579. The molecule has 2 atom stereocenters. The zero-order valence-corrected chi connectivity index (χ0v) is 8.24. The van der Waals surface area contributed by atoms with Crippen LogP contribution in [0.4, 0.5) is 0 Å². The molecule has 0 fully saturated rings. The lowest BCUT2D eigenvalue weighted by Crippen LogP contribution is -2.39. The van der Waals surface area contributed by atoms with Crippen LogP contribution in [0.2, 0.25) is 0 Å². The minimum Gasteiger partial charge on any atom is -0.480 e. The third-order valence-corrected chi connectivity index (χ3v) is 1.60. The zero-order chi connectivity index (χ0) is 10.3. The molecule has 5 nitrogen and oxygen atoms in total. The van der Waals surface area contributed by atoms with Gasteiger partial charge in [-0.25, -0.2) is 0 Å². The van der Waals surface area contributed by atoms with E-state index >= 15 is 0 Å². The Hall–Kier alpha value is -0.650. The molecule has 0 spiro atoms. The standard InChI is InChI=1S/C8H17NO4/c1-6(4-12-3)13-5-7(9-2)8(10)11/h6-7,9H,4-5H2,1-3H3,(H,10,11). The Balaban J connectivity index is 3.65. The molecule has 0 aliphatic rings. The number of methoxy groups -OCH3 is 1. The maximum absolute atomic E-state index is 10.5. The molecule has 78 valence electrons. The molecular weight excluding hydrogens is 174 g/mol. The largest absolute Gasteiger partial charge is 0.480 e. The SMILES string of the molecule is CNC(COC(C)COC)C(=O)O. The summed E-state index contributed by atoms with van der Waals surface area (Å²) in [5, 5.41) is 11.3. The number of carboxylic acids is 1. The van der Waals surface area contributed by atoms with E-state index in [0.29, 0.717) is 6.61 Å². The molecule has 0 aromatic rings. The Labute approximate surface area is 78.0 Å². The van der Waals surface area contributed by atoms with Crippen molar-refractivity contribution in [2.24, 2.45) is 0 Å². The fourth-order valence-electron chi connectivity index (χ4n) is 0.821. The first-order chi connectivity index (χ1) is 6.11. The molecule has 2 N–H and O–H groups in total. The predicted molar refractivity (Wildman–Crippen MR) is 47.8 cm³/mol. The van der Waals surface area contributed by atoms with E-state index in [1.807, 2.05) is 6.92 Å². The van der Waals surface area contributed by atoms with E-state index in [1.54, 1.807) is 14.2 Å². The van der Waals surface area contributed by atoms with Crippen LogP contribution < -0.4 is 5.32 Å². The summed E-state index contributed by atoms with van der Waals surface area (Å²) < 4.78 is 10.1. The van der Waals surface area contributed by atoms with Gasteiger partial charge in [-0.15, -0.1) is 0 Å². The second kappa shape index (κ2) is 6.82. The molecule has 0 aliphatic heterocycles. The number of carbonyl (C=O) groups is 1. The van der Waals surface area contributed by atoms with Crippen molar-refractivity contribution in [3.05, 3.63) is 0 Å². The number of aliphatic carboxylic acids is 1. The van der Waals surface area contributed by atoms with Crippen molar-refractivity contribution in [1.29, 1.82) is 0 Å². The van der Waals surface area contributed by atoms with Crippen LogP contribution in [-0.2, 0) is 14.3 Å². The molecule has 0 rings (SSSR count). The minimum absolute atomic E-state index is 0.0831. The number of hydrogen-bond acceptors (Lipinski definition) is 4. The molecule has 0 saturated carbocycles. The van der Waals surface area contributed by atoms with E-state index < -0.39 is 12.0 Å². The molecule has 0 amide bonds. The fourth-order valence-corrected chi connectivity index (χ4v) is 0.821. The summed E-state index contributed by atoms with van der Waals surface area (Å²) in [4.78, 5) is 10.5. The Kier molecular flexibility index (Phi) is 6.48. The van der Waals surface area contributed by atoms with Gasteiger partial charge in [0.15, 0.2) is 0 Å². The van der Waals surface area contributed by atoms with Crippen LogP contribution in [0.1, 0.15) is 6.92 Å². The first kappa shape index (κ1) is 12.3. The maximum Gasteiger partial charge on any atom is 0.323 e. The van der Waals surface area contributed by atoms with Gasteiger partial charge in [-0.05, 0) is 14.0 Å². The van der Waals surface area contributed by atoms with Crippen molar-refractivity contribution in [2.45, 2.75) is 19.1 Å². The van der Waals surface area contributed by atoms with E-state index in [2.05, 4.69) is 5.32 Å². The molecule has 13 heavy (non-hydrogen) atoms. The van der Waals surface area contributed by atoms with Crippen molar-refractivity contribution in [1.82, 2.24) is 5.32 Å². The van der Waals surface area contributed by atoms with E-state index in [-0.39, 0.29) is 12.7 Å². The number of hydrogen-bond donors (Lipinski definition) is 2. The van der Waals surface area contributed by atoms with Gasteiger partial charge in [-0.1, -0.05) is 0 Å². The lowest BCUT2D eigenvalue weighted by molar-refractivity contribution is -0.141. The van der Waals surface area contributed by atoms with Gasteiger partial charge in [0.25, 0.3) is 0 Å². The summed E-state index contributed by atoms with van der Waals surface area (Å²) in [6.07, 6.45) is -0.0831. The van der Waals surface area contributed by atoms with Gasteiger partial charge in [-0.2, -0.15) is 0 Å². The van der Waals surface area contributed by atoms with Crippen LogP contribution in [0.15, 0.2) is 0 Å². The highest BCUT2D eigenvalue weighted by Gasteiger charge is 2.15. The average molecular weight is 191 g/mol. The van der Waals surface area contributed by atoms with Crippen molar-refractivity contribution < 1.29 is 19.4 Å². The molecule has 0 aliphatic carbocycles. The highest BCUT2D eigenvalue weighted by Crippen LogP contribution is 1.93. The lowest BCUT2D eigenvalue weighted by Gasteiger charge is -2.15. The minimum atomic E-state index is -0.910. The summed E-state index contributed by atoms with van der Waals surface area (Å²) in [5.74, 6) is -0.910. The number of likely N-dealkylation sites (N-methyl/N-ethyl adjacent to an activating group) is 1. The van der Waals surface area contributed by atoms with Crippen LogP contribution in [0.5, 0.6) is 0 Å². The van der Waals surface area contributed by atoms with Crippen molar-refractivity contribution in [2.75, 3.05) is 27.4 Å². The van der Waals surface area contributed by atoms with Gasteiger partial charge in [0.2, 0.25) is 0 Å². The van der Waals surface area contributed by atoms with Crippen LogP contribution >= 0.6 is 0 Å². The monoisotopic (exact) mass is 191 g/mol. The van der Waals surface area contributed by atoms with Gasteiger partial charge >= 0.3 is 5.97 Å². The normalized spacial score (nSPS) is 15.3. The van der Waals surface area contributed by atoms with Gasteiger partial charge < -0.3 is 19.9 Å². The molecule has 2 unspecified atom stereocenters. The fraction of sp³-hybridized carbons (Fsp3) is 0.875. The van der Waals surface area contributed by atoms with Gasteiger partial charge in [0.1, 0.15) is 6.04 Å². The van der Waals surface area contributed by atoms with E-state index in [9.17, 15) is 4.79 Å². The summed E-state index contributed by atoms with van der Waals surface area (Å²) in [6, 6.07) is -0.653. The van der Waals surface area contributed by atoms with E-state index in [4.69, 9.17) is 14.6 Å². The van der Waals surface area contributed by atoms with Gasteiger partial charge in [0, 0.05) is 7.11 Å². The van der Waals surface area contributed by atoms with Crippen LogP contribution in [-0.4, -0.2) is 50.6 Å². The van der Waals surface area contributed by atoms with Crippen LogP contribution in [0.3, 0.4) is 0 Å². The molecule has 5 heteroatoms. The summed E-state index contributed by atoms with van der Waals surface area (Å²) in [6.45, 7) is 2.45. The van der Waals surface area contributed by atoms with Crippen molar-refractivity contribution in [3.63, 3.8) is 0 Å². The van der Waals surface area contributed by atoms with Crippen molar-refractivity contribution >= 4 is 5.97 Å². The Morgan fingerprint density at radius 2 is 2.15 bits per heavy atom. The van der Waals surface area contributed by atoms with Crippen LogP contribution in [0, 0.1) is 0 Å². The highest BCUT2D eigenvalue weighted by atomic mass is 16.5. The molecule has 0 radical (unpaired) electrons. The average Bonchev–Trinajstić information content (AvgIpc) is 2.05. The molecule has 0 bridgehead atoms. The summed E-state index contributed by atoms with van der Waals surface area (Å²) in [5.41, 5.74) is 0. The van der Waals surface area contributed by atoms with Gasteiger partial charge in [0.05, 0.1) is 19.3 Å². The highest BCUT2D eigenvalue weighted by molar-refractivity contribution is 5.73. The Bertz CT molecular complexity index is 151. The smallest absolute Gasteiger partial charge is 0.323 e. The van der Waals surface area contributed by atoms with E-state index in [1.165, 1.54) is 0 Å². The summed E-state index contributed by atoms with van der Waals surface area (Å²) in [7, 11) is 3.16. The number of carboxylic acid groups (broad SMARTS) is 1. The lowest BCUT2D eigenvalue weighted by atomic mass is 10.3. The zero-order valence-electron chi connectivity index (χ0n) is 8.24. The second-order valence-electron chi connectivity index (χ2n) is 2.78. The number of nitrogens with one attached hydrogen (secondary N) is 1. The third kappa shape index (κ3) is 5.57. The van der Waals surface area contributed by atoms with E-state index in [0.717, 1.165) is 0 Å². The first-order valence-electron chi connectivity index (χ1n) is 4.12.